The molecular formula is C22H27NO4. The lowest BCUT2D eigenvalue weighted by molar-refractivity contribution is 0.0432. The maximum absolute atomic E-state index is 10.9. The molecule has 1 fully saturated rings. The Balaban J connectivity index is 1.86. The first kappa shape index (κ1) is 19.4. The first-order chi connectivity index (χ1) is 13.3. The second-order valence-corrected chi connectivity index (χ2v) is 6.47. The van der Waals surface area contributed by atoms with Crippen LogP contribution in [0.5, 0.6) is 5.75 Å². The second-order valence-electron chi connectivity index (χ2n) is 6.47. The number of hydrogen-bond donors (Lipinski definition) is 2. The van der Waals surface area contributed by atoms with E-state index >= 15 is 0 Å². The third-order valence-electron chi connectivity index (χ3n) is 4.58. The number of phenols is 1. The summed E-state index contributed by atoms with van der Waals surface area (Å²) >= 11 is 0. The highest BCUT2D eigenvalue weighted by molar-refractivity contribution is 5.78. The van der Waals surface area contributed by atoms with Gasteiger partial charge >= 0.3 is 0 Å². The molecule has 0 unspecified atom stereocenters. The molecule has 0 atom stereocenters. The topological polar surface area (TPSA) is 62.2 Å². The zero-order valence-corrected chi connectivity index (χ0v) is 15.5. The fourth-order valence-corrected chi connectivity index (χ4v) is 3.08. The van der Waals surface area contributed by atoms with Crippen LogP contribution in [0.15, 0.2) is 54.6 Å². The molecule has 2 aromatic rings. The maximum Gasteiger partial charge on any atom is 0.134 e. The SMILES string of the molecule is OCCCO/C(=C/CN1CCOCC1)c1cccc(-c2ccccc2)c1O. The number of hydrogen-bond acceptors (Lipinski definition) is 5. The van der Waals surface area contributed by atoms with Gasteiger partial charge in [-0.3, -0.25) is 4.90 Å². The molecule has 3 rings (SSSR count). The Morgan fingerprint density at radius 3 is 2.59 bits per heavy atom. The summed E-state index contributed by atoms with van der Waals surface area (Å²) in [6.07, 6.45) is 2.56. The van der Waals surface area contributed by atoms with Crippen LogP contribution < -0.4 is 0 Å². The molecule has 0 aliphatic carbocycles. The molecule has 5 heteroatoms. The zero-order chi connectivity index (χ0) is 18.9. The van der Waals surface area contributed by atoms with Gasteiger partial charge in [-0.15, -0.1) is 0 Å². The molecule has 0 aromatic heterocycles. The molecular weight excluding hydrogens is 342 g/mol. The first-order valence-corrected chi connectivity index (χ1v) is 9.41. The van der Waals surface area contributed by atoms with E-state index in [1.54, 1.807) is 0 Å². The van der Waals surface area contributed by atoms with E-state index in [0.29, 0.717) is 24.4 Å². The van der Waals surface area contributed by atoms with E-state index < -0.39 is 0 Å². The lowest BCUT2D eigenvalue weighted by Gasteiger charge is -2.25. The fraction of sp³-hybridized carbons (Fsp3) is 0.364. The van der Waals surface area contributed by atoms with Crippen LogP contribution in [0.25, 0.3) is 16.9 Å². The van der Waals surface area contributed by atoms with Crippen molar-refractivity contribution in [1.82, 2.24) is 4.90 Å². The Kier molecular flexibility index (Phi) is 7.27. The first-order valence-electron chi connectivity index (χ1n) is 9.41. The van der Waals surface area contributed by atoms with Crippen LogP contribution in [-0.4, -0.2) is 61.2 Å². The normalized spacial score (nSPS) is 15.7. The van der Waals surface area contributed by atoms with E-state index in [1.807, 2.05) is 54.6 Å². The summed E-state index contributed by atoms with van der Waals surface area (Å²) in [6, 6.07) is 15.5. The lowest BCUT2D eigenvalue weighted by atomic mass is 10.0. The van der Waals surface area contributed by atoms with Crippen molar-refractivity contribution >= 4 is 5.76 Å². The number of morpholine rings is 1. The minimum Gasteiger partial charge on any atom is -0.507 e. The molecule has 0 saturated carbocycles. The van der Waals surface area contributed by atoms with Gasteiger partial charge < -0.3 is 19.7 Å². The van der Waals surface area contributed by atoms with E-state index in [9.17, 15) is 5.11 Å². The number of nitrogens with zero attached hydrogens (tertiary/aromatic N) is 1. The molecule has 5 nitrogen and oxygen atoms in total. The Bertz CT molecular complexity index is 739. The van der Waals surface area contributed by atoms with Crippen molar-refractivity contribution in [3.05, 3.63) is 60.2 Å². The van der Waals surface area contributed by atoms with Crippen LogP contribution in [-0.2, 0) is 9.47 Å². The summed E-state index contributed by atoms with van der Waals surface area (Å²) < 4.78 is 11.3. The van der Waals surface area contributed by atoms with Crippen molar-refractivity contribution in [3.63, 3.8) is 0 Å². The Morgan fingerprint density at radius 1 is 1.07 bits per heavy atom. The molecule has 0 spiro atoms. The van der Waals surface area contributed by atoms with Crippen molar-refractivity contribution in [2.45, 2.75) is 6.42 Å². The number of phenolic OH excluding ortho intramolecular Hbond substituents is 1. The van der Waals surface area contributed by atoms with Crippen LogP contribution in [0, 0.1) is 0 Å². The Labute approximate surface area is 160 Å². The van der Waals surface area contributed by atoms with Crippen molar-refractivity contribution in [2.24, 2.45) is 0 Å². The predicted octanol–water partition coefficient (Wildman–Crippen LogP) is 3.13. The molecule has 0 radical (unpaired) electrons. The van der Waals surface area contributed by atoms with Crippen molar-refractivity contribution in [2.75, 3.05) is 46.1 Å². The standard InChI is InChI=1S/C22H27NO4/c24-14-5-15-27-21(10-11-23-12-16-26-17-13-23)20-9-4-8-19(22(20)25)18-6-2-1-3-7-18/h1-4,6-10,24-25H,5,11-17H2/b21-10+. The van der Waals surface area contributed by atoms with Gasteiger partial charge in [-0.05, 0) is 17.7 Å². The smallest absolute Gasteiger partial charge is 0.134 e. The summed E-state index contributed by atoms with van der Waals surface area (Å²) in [7, 11) is 0. The van der Waals surface area contributed by atoms with Crippen molar-refractivity contribution in [1.29, 1.82) is 0 Å². The number of aliphatic hydroxyl groups excluding tert-OH is 1. The summed E-state index contributed by atoms with van der Waals surface area (Å²) in [6.45, 7) is 4.46. The van der Waals surface area contributed by atoms with E-state index in [4.69, 9.17) is 14.6 Å². The molecule has 0 amide bonds. The molecule has 1 saturated heterocycles. The Hall–Kier alpha value is -2.34. The highest BCUT2D eigenvalue weighted by Gasteiger charge is 2.15. The molecule has 144 valence electrons. The number of aromatic hydroxyl groups is 1. The summed E-state index contributed by atoms with van der Waals surface area (Å²) in [5, 5.41) is 20.0. The molecule has 2 N–H and O–H groups in total. The van der Waals surface area contributed by atoms with Gasteiger partial charge in [-0.2, -0.15) is 0 Å². The van der Waals surface area contributed by atoms with Gasteiger partial charge in [0.15, 0.2) is 0 Å². The van der Waals surface area contributed by atoms with E-state index in [2.05, 4.69) is 4.90 Å². The minimum atomic E-state index is 0.0762. The van der Waals surface area contributed by atoms with Gasteiger partial charge in [0.2, 0.25) is 0 Å². The lowest BCUT2D eigenvalue weighted by Crippen LogP contribution is -2.36. The highest BCUT2D eigenvalue weighted by Crippen LogP contribution is 2.36. The van der Waals surface area contributed by atoms with Crippen LogP contribution in [0.3, 0.4) is 0 Å². The molecule has 1 heterocycles. The zero-order valence-electron chi connectivity index (χ0n) is 15.5. The number of ether oxygens (including phenoxy) is 2. The summed E-state index contributed by atoms with van der Waals surface area (Å²) in [5.74, 6) is 0.853. The van der Waals surface area contributed by atoms with Gasteiger partial charge in [0.1, 0.15) is 11.5 Å². The molecule has 0 bridgehead atoms. The predicted molar refractivity (Wildman–Crippen MR) is 106 cm³/mol. The molecule has 2 aromatic carbocycles. The molecule has 27 heavy (non-hydrogen) atoms. The van der Waals surface area contributed by atoms with Crippen LogP contribution in [0.2, 0.25) is 0 Å². The summed E-state index contributed by atoms with van der Waals surface area (Å²) in [4.78, 5) is 2.29. The van der Waals surface area contributed by atoms with Gasteiger partial charge in [0, 0.05) is 38.2 Å². The van der Waals surface area contributed by atoms with Crippen LogP contribution in [0.1, 0.15) is 12.0 Å². The van der Waals surface area contributed by atoms with E-state index in [1.165, 1.54) is 0 Å². The van der Waals surface area contributed by atoms with E-state index in [-0.39, 0.29) is 12.4 Å². The molecule has 1 aliphatic rings. The number of para-hydroxylation sites is 1. The number of benzene rings is 2. The van der Waals surface area contributed by atoms with Gasteiger partial charge in [0.05, 0.1) is 25.4 Å². The van der Waals surface area contributed by atoms with Gasteiger partial charge in [-0.25, -0.2) is 0 Å². The van der Waals surface area contributed by atoms with Crippen LogP contribution in [0.4, 0.5) is 0 Å². The largest absolute Gasteiger partial charge is 0.507 e. The quantitative estimate of drug-likeness (QED) is 0.553. The molecule has 1 aliphatic heterocycles. The van der Waals surface area contributed by atoms with Gasteiger partial charge in [0.25, 0.3) is 0 Å². The average molecular weight is 369 g/mol. The minimum absolute atomic E-state index is 0.0762. The summed E-state index contributed by atoms with van der Waals surface area (Å²) in [5.41, 5.74) is 2.40. The maximum atomic E-state index is 10.9. The second kappa shape index (κ2) is 10.1. The highest BCUT2D eigenvalue weighted by atomic mass is 16.5. The average Bonchev–Trinajstić information content (AvgIpc) is 2.72. The van der Waals surface area contributed by atoms with Gasteiger partial charge in [-0.1, -0.05) is 42.5 Å². The fourth-order valence-electron chi connectivity index (χ4n) is 3.08. The third kappa shape index (κ3) is 5.32. The monoisotopic (exact) mass is 369 g/mol. The van der Waals surface area contributed by atoms with E-state index in [0.717, 1.165) is 44.0 Å². The number of aliphatic hydroxyl groups is 1. The van der Waals surface area contributed by atoms with Crippen molar-refractivity contribution < 1.29 is 19.7 Å². The Morgan fingerprint density at radius 2 is 1.85 bits per heavy atom. The van der Waals surface area contributed by atoms with Crippen LogP contribution >= 0.6 is 0 Å². The van der Waals surface area contributed by atoms with Crippen molar-refractivity contribution in [3.8, 4) is 16.9 Å². The number of rotatable bonds is 8. The third-order valence-corrected chi connectivity index (χ3v) is 4.58.